The van der Waals surface area contributed by atoms with Crippen LogP contribution in [0.25, 0.3) is 5.70 Å². The highest BCUT2D eigenvalue weighted by molar-refractivity contribution is 6.34. The minimum absolute atomic E-state index is 0.131. The zero-order chi connectivity index (χ0) is 20.5. The van der Waals surface area contributed by atoms with Gasteiger partial charge in [-0.25, -0.2) is 0 Å². The van der Waals surface area contributed by atoms with Gasteiger partial charge in [0, 0.05) is 36.2 Å². The minimum Gasteiger partial charge on any atom is -0.368 e. The fourth-order valence-electron chi connectivity index (χ4n) is 3.66. The van der Waals surface area contributed by atoms with Crippen molar-refractivity contribution < 1.29 is 4.79 Å². The molecule has 1 amide bonds. The topological polar surface area (TPSA) is 39.2 Å². The maximum atomic E-state index is 13.4. The molecule has 0 atom stereocenters. The van der Waals surface area contributed by atoms with Crippen LogP contribution in [0.1, 0.15) is 12.5 Å². The smallest absolute Gasteiger partial charge is 0.282 e. The summed E-state index contributed by atoms with van der Waals surface area (Å²) < 4.78 is 0. The predicted octanol–water partition coefficient (Wildman–Crippen LogP) is 4.37. The van der Waals surface area contributed by atoms with Crippen molar-refractivity contribution >= 4 is 46.2 Å². The van der Waals surface area contributed by atoms with Crippen LogP contribution in [-0.4, -0.2) is 54.6 Å². The molecule has 2 aliphatic heterocycles. The van der Waals surface area contributed by atoms with Crippen molar-refractivity contribution in [1.29, 1.82) is 0 Å². The van der Waals surface area contributed by atoms with Crippen LogP contribution in [0.5, 0.6) is 0 Å². The number of nitrogens with zero attached hydrogens (tertiary/aromatic N) is 4. The van der Waals surface area contributed by atoms with Crippen molar-refractivity contribution in [2.24, 2.45) is 5.10 Å². The second kappa shape index (κ2) is 8.19. The monoisotopic (exact) mass is 428 g/mol. The molecule has 0 aliphatic carbocycles. The van der Waals surface area contributed by atoms with Crippen LogP contribution >= 0.6 is 23.2 Å². The third-order valence-corrected chi connectivity index (χ3v) is 5.77. The third kappa shape index (κ3) is 4.04. The minimum atomic E-state index is -0.131. The lowest BCUT2D eigenvalue weighted by Crippen LogP contribution is -2.44. The predicted molar refractivity (Wildman–Crippen MR) is 119 cm³/mol. The Morgan fingerprint density at radius 1 is 0.897 bits per heavy atom. The molecule has 150 valence electrons. The van der Waals surface area contributed by atoms with E-state index in [1.807, 2.05) is 31.2 Å². The molecule has 2 aromatic carbocycles. The number of carbonyl (C=O) groups is 1. The third-order valence-electron chi connectivity index (χ3n) is 5.26. The molecule has 0 N–H and O–H groups in total. The van der Waals surface area contributed by atoms with Crippen molar-refractivity contribution in [3.63, 3.8) is 0 Å². The maximum absolute atomic E-state index is 13.4. The highest BCUT2D eigenvalue weighted by Crippen LogP contribution is 2.32. The van der Waals surface area contributed by atoms with E-state index in [1.165, 1.54) is 5.01 Å². The molecule has 2 aromatic rings. The fraction of sp³-hybridized carbons (Fsp3) is 0.273. The van der Waals surface area contributed by atoms with Crippen molar-refractivity contribution in [2.45, 2.75) is 6.92 Å². The van der Waals surface area contributed by atoms with Gasteiger partial charge in [-0.15, -0.1) is 0 Å². The summed E-state index contributed by atoms with van der Waals surface area (Å²) in [5, 5.41) is 7.30. The second-order valence-electron chi connectivity index (χ2n) is 7.30. The summed E-state index contributed by atoms with van der Waals surface area (Å²) in [7, 11) is 2.11. The molecule has 1 saturated heterocycles. The number of benzene rings is 2. The lowest BCUT2D eigenvalue weighted by molar-refractivity contribution is -0.114. The van der Waals surface area contributed by atoms with E-state index in [0.717, 1.165) is 37.4 Å². The molecule has 1 fully saturated rings. The second-order valence-corrected chi connectivity index (χ2v) is 8.17. The summed E-state index contributed by atoms with van der Waals surface area (Å²) in [5.41, 5.74) is 3.91. The quantitative estimate of drug-likeness (QED) is 0.681. The van der Waals surface area contributed by atoms with Crippen LogP contribution in [0.3, 0.4) is 0 Å². The molecule has 5 nitrogen and oxygen atoms in total. The average Bonchev–Trinajstić information content (AvgIpc) is 3.00. The molecule has 0 saturated carbocycles. The number of piperazine rings is 1. The molecule has 0 bridgehead atoms. The number of amides is 1. The van der Waals surface area contributed by atoms with E-state index in [2.05, 4.69) is 21.9 Å². The number of hydrazone groups is 1. The molecule has 7 heteroatoms. The Morgan fingerprint density at radius 2 is 1.45 bits per heavy atom. The Bertz CT molecular complexity index is 975. The van der Waals surface area contributed by atoms with Crippen LogP contribution < -0.4 is 5.01 Å². The number of halogens is 2. The Morgan fingerprint density at radius 3 is 2.03 bits per heavy atom. The van der Waals surface area contributed by atoms with E-state index >= 15 is 0 Å². The SMILES string of the molecule is CC1=NN(c2ccc(Cl)cc2)C(=O)/C1=C(/c1ccc(Cl)cc1)N1CCN(C)CC1. The summed E-state index contributed by atoms with van der Waals surface area (Å²) >= 11 is 12.1. The zero-order valence-electron chi connectivity index (χ0n) is 16.4. The number of carbonyl (C=O) groups excluding carboxylic acids is 1. The Labute approximate surface area is 180 Å². The molecule has 29 heavy (non-hydrogen) atoms. The van der Waals surface area contributed by atoms with E-state index in [9.17, 15) is 4.79 Å². The fourth-order valence-corrected chi connectivity index (χ4v) is 3.91. The van der Waals surface area contributed by atoms with Gasteiger partial charge in [-0.05, 0) is 55.9 Å². The number of rotatable bonds is 3. The molecule has 4 rings (SSSR count). The zero-order valence-corrected chi connectivity index (χ0v) is 17.9. The van der Waals surface area contributed by atoms with Crippen LogP contribution in [0.4, 0.5) is 5.69 Å². The first kappa shape index (κ1) is 20.0. The van der Waals surface area contributed by atoms with Crippen molar-refractivity contribution in [2.75, 3.05) is 38.2 Å². The van der Waals surface area contributed by atoms with Gasteiger partial charge in [-0.2, -0.15) is 10.1 Å². The number of hydrogen-bond donors (Lipinski definition) is 0. The average molecular weight is 429 g/mol. The molecule has 0 spiro atoms. The number of anilines is 1. The molecule has 0 unspecified atom stereocenters. The van der Waals surface area contributed by atoms with E-state index in [1.54, 1.807) is 24.3 Å². The van der Waals surface area contributed by atoms with Gasteiger partial charge in [0.05, 0.1) is 22.7 Å². The molecule has 0 aromatic heterocycles. The lowest BCUT2D eigenvalue weighted by atomic mass is 10.0. The maximum Gasteiger partial charge on any atom is 0.282 e. The molecular weight excluding hydrogens is 407 g/mol. The normalized spacial score (nSPS) is 19.6. The first-order chi connectivity index (χ1) is 13.9. The standard InChI is InChI=1S/C22H22Cl2N4O/c1-15-20(22(29)28(25-15)19-9-7-18(24)8-10-19)21(16-3-5-17(23)6-4-16)27-13-11-26(2)12-14-27/h3-10H,11-14H2,1-2H3/b21-20-. The first-order valence-corrected chi connectivity index (χ1v) is 10.3. The number of likely N-dealkylation sites (N-methyl/N-ethyl adjacent to an activating group) is 1. The summed E-state index contributed by atoms with van der Waals surface area (Å²) in [6.07, 6.45) is 0. The van der Waals surface area contributed by atoms with Gasteiger partial charge in [0.15, 0.2) is 0 Å². The van der Waals surface area contributed by atoms with Gasteiger partial charge in [-0.1, -0.05) is 35.3 Å². The molecule has 0 radical (unpaired) electrons. The van der Waals surface area contributed by atoms with Crippen LogP contribution in [-0.2, 0) is 4.79 Å². The van der Waals surface area contributed by atoms with Gasteiger partial charge in [0.1, 0.15) is 0 Å². The van der Waals surface area contributed by atoms with Crippen molar-refractivity contribution in [1.82, 2.24) is 9.80 Å². The van der Waals surface area contributed by atoms with E-state index in [-0.39, 0.29) is 5.91 Å². The van der Waals surface area contributed by atoms with Gasteiger partial charge in [-0.3, -0.25) is 4.79 Å². The highest BCUT2D eigenvalue weighted by atomic mass is 35.5. The first-order valence-electron chi connectivity index (χ1n) is 9.53. The lowest BCUT2D eigenvalue weighted by Gasteiger charge is -2.36. The Kier molecular flexibility index (Phi) is 5.63. The van der Waals surface area contributed by atoms with Crippen molar-refractivity contribution in [3.8, 4) is 0 Å². The van der Waals surface area contributed by atoms with Gasteiger partial charge in [0.2, 0.25) is 0 Å². The Hall–Kier alpha value is -2.34. The molecular formula is C22H22Cl2N4O. The van der Waals surface area contributed by atoms with Crippen LogP contribution in [0, 0.1) is 0 Å². The van der Waals surface area contributed by atoms with Gasteiger partial charge >= 0.3 is 0 Å². The summed E-state index contributed by atoms with van der Waals surface area (Å²) in [5.74, 6) is -0.131. The van der Waals surface area contributed by atoms with E-state index in [4.69, 9.17) is 23.2 Å². The van der Waals surface area contributed by atoms with Crippen molar-refractivity contribution in [3.05, 3.63) is 69.7 Å². The molecule has 2 heterocycles. The van der Waals surface area contributed by atoms with Gasteiger partial charge in [0.25, 0.3) is 5.91 Å². The van der Waals surface area contributed by atoms with Gasteiger partial charge < -0.3 is 9.80 Å². The van der Waals surface area contributed by atoms with E-state index < -0.39 is 0 Å². The largest absolute Gasteiger partial charge is 0.368 e. The number of hydrogen-bond acceptors (Lipinski definition) is 4. The summed E-state index contributed by atoms with van der Waals surface area (Å²) in [6.45, 7) is 5.46. The summed E-state index contributed by atoms with van der Waals surface area (Å²) in [4.78, 5) is 18.0. The highest BCUT2D eigenvalue weighted by Gasteiger charge is 2.34. The Balaban J connectivity index is 1.79. The molecule has 2 aliphatic rings. The summed E-state index contributed by atoms with van der Waals surface area (Å²) in [6, 6.07) is 14.8. The van der Waals surface area contributed by atoms with Crippen LogP contribution in [0.15, 0.2) is 59.2 Å². The van der Waals surface area contributed by atoms with Crippen LogP contribution in [0.2, 0.25) is 10.0 Å². The van der Waals surface area contributed by atoms with E-state index in [0.29, 0.717) is 27.0 Å².